The van der Waals surface area contributed by atoms with Gasteiger partial charge in [-0.05, 0) is 56.0 Å². The summed E-state index contributed by atoms with van der Waals surface area (Å²) in [7, 11) is 0. The predicted octanol–water partition coefficient (Wildman–Crippen LogP) is 4.48. The molecule has 3 nitrogen and oxygen atoms in total. The van der Waals surface area contributed by atoms with Crippen LogP contribution in [0.5, 0.6) is 0 Å². The summed E-state index contributed by atoms with van der Waals surface area (Å²) in [6.45, 7) is 7.96. The van der Waals surface area contributed by atoms with E-state index in [1.807, 2.05) is 35.2 Å². The number of benzene rings is 2. The average molecular weight is 318 g/mol. The van der Waals surface area contributed by atoms with Crippen molar-refractivity contribution >= 4 is 22.5 Å². The molecule has 3 heteroatoms. The Morgan fingerprint density at radius 3 is 2.42 bits per heavy atom. The number of hydrogen-bond donors (Lipinski definition) is 0. The summed E-state index contributed by atoms with van der Waals surface area (Å²) in [6.07, 6.45) is 0.907. The fourth-order valence-corrected chi connectivity index (χ4v) is 4.03. The summed E-state index contributed by atoms with van der Waals surface area (Å²) in [5, 5.41) is 1.29. The summed E-state index contributed by atoms with van der Waals surface area (Å²) in [5.41, 5.74) is 6.82. The van der Waals surface area contributed by atoms with Crippen molar-refractivity contribution in [3.05, 3.63) is 64.8 Å². The van der Waals surface area contributed by atoms with Gasteiger partial charge in [-0.1, -0.05) is 30.3 Å². The van der Waals surface area contributed by atoms with E-state index in [0.717, 1.165) is 30.9 Å². The number of amides is 1. The standard InChI is InChI=1S/C21H22N2O/c1-4-22-19-15(3)11-10-14(2)18(19)17-12-13-23(21(24)20(17)22)16-8-6-5-7-9-16/h5-11H,4,12-13H2,1-3H3. The molecule has 1 aliphatic heterocycles. The minimum atomic E-state index is 0.124. The number of carbonyl (C=O) groups excluding carboxylic acids is 1. The van der Waals surface area contributed by atoms with Crippen LogP contribution in [0.4, 0.5) is 5.69 Å². The van der Waals surface area contributed by atoms with Crippen LogP contribution in [0.15, 0.2) is 42.5 Å². The van der Waals surface area contributed by atoms with Crippen molar-refractivity contribution in [2.45, 2.75) is 33.7 Å². The largest absolute Gasteiger partial charge is 0.336 e. The Morgan fingerprint density at radius 1 is 1.00 bits per heavy atom. The molecule has 1 amide bonds. The number of rotatable bonds is 2. The summed E-state index contributed by atoms with van der Waals surface area (Å²) < 4.78 is 2.21. The molecule has 0 aliphatic carbocycles. The van der Waals surface area contributed by atoms with Gasteiger partial charge >= 0.3 is 0 Å². The molecule has 1 aliphatic rings. The molecule has 0 unspecified atom stereocenters. The van der Waals surface area contributed by atoms with Crippen LogP contribution < -0.4 is 4.90 Å². The van der Waals surface area contributed by atoms with Gasteiger partial charge in [-0.3, -0.25) is 4.79 Å². The van der Waals surface area contributed by atoms with Crippen molar-refractivity contribution in [1.82, 2.24) is 4.57 Å². The molecule has 4 rings (SSSR count). The lowest BCUT2D eigenvalue weighted by Crippen LogP contribution is -2.38. The van der Waals surface area contributed by atoms with Crippen molar-refractivity contribution < 1.29 is 4.79 Å². The van der Waals surface area contributed by atoms with Crippen molar-refractivity contribution in [3.63, 3.8) is 0 Å². The fourth-order valence-electron chi connectivity index (χ4n) is 4.03. The maximum absolute atomic E-state index is 13.3. The Bertz CT molecular complexity index is 899. The Balaban J connectivity index is 1.97. The van der Waals surface area contributed by atoms with Crippen molar-refractivity contribution in [2.75, 3.05) is 11.4 Å². The average Bonchev–Trinajstić information content (AvgIpc) is 2.96. The number of aryl methyl sites for hydroxylation is 3. The molecule has 122 valence electrons. The van der Waals surface area contributed by atoms with Crippen LogP contribution in [0, 0.1) is 13.8 Å². The zero-order valence-corrected chi connectivity index (χ0v) is 14.5. The normalized spacial score (nSPS) is 14.3. The first-order chi connectivity index (χ1) is 11.6. The summed E-state index contributed by atoms with van der Waals surface area (Å²) in [6, 6.07) is 14.3. The van der Waals surface area contributed by atoms with Gasteiger partial charge in [0.2, 0.25) is 0 Å². The highest BCUT2D eigenvalue weighted by Gasteiger charge is 2.32. The van der Waals surface area contributed by atoms with Gasteiger partial charge in [0.15, 0.2) is 0 Å². The van der Waals surface area contributed by atoms with Gasteiger partial charge in [0.1, 0.15) is 5.69 Å². The zero-order chi connectivity index (χ0) is 16.8. The highest BCUT2D eigenvalue weighted by atomic mass is 16.2. The van der Waals surface area contributed by atoms with E-state index in [1.165, 1.54) is 27.6 Å². The Hall–Kier alpha value is -2.55. The molecule has 2 heterocycles. The first-order valence-corrected chi connectivity index (χ1v) is 8.61. The van der Waals surface area contributed by atoms with Crippen LogP contribution in [0.2, 0.25) is 0 Å². The Morgan fingerprint density at radius 2 is 1.71 bits per heavy atom. The Kier molecular flexibility index (Phi) is 3.45. The van der Waals surface area contributed by atoms with E-state index < -0.39 is 0 Å². The fraction of sp³-hybridized carbons (Fsp3) is 0.286. The molecule has 0 N–H and O–H groups in total. The molecule has 1 aromatic heterocycles. The van der Waals surface area contributed by atoms with Gasteiger partial charge in [-0.15, -0.1) is 0 Å². The minimum absolute atomic E-state index is 0.124. The second-order valence-corrected chi connectivity index (χ2v) is 6.54. The summed E-state index contributed by atoms with van der Waals surface area (Å²) in [4.78, 5) is 15.2. The molecule has 0 radical (unpaired) electrons. The van der Waals surface area contributed by atoms with Crippen molar-refractivity contribution in [1.29, 1.82) is 0 Å². The quantitative estimate of drug-likeness (QED) is 0.684. The molecule has 0 atom stereocenters. The lowest BCUT2D eigenvalue weighted by molar-refractivity contribution is 0.0972. The Labute approximate surface area is 142 Å². The lowest BCUT2D eigenvalue weighted by atomic mass is 9.98. The van der Waals surface area contributed by atoms with Gasteiger partial charge in [-0.2, -0.15) is 0 Å². The van der Waals surface area contributed by atoms with E-state index in [9.17, 15) is 4.79 Å². The van der Waals surface area contributed by atoms with Gasteiger partial charge < -0.3 is 9.47 Å². The van der Waals surface area contributed by atoms with Crippen LogP contribution in [-0.4, -0.2) is 17.0 Å². The van der Waals surface area contributed by atoms with E-state index in [2.05, 4.69) is 37.5 Å². The first kappa shape index (κ1) is 15.0. The maximum atomic E-state index is 13.3. The molecule has 0 saturated carbocycles. The maximum Gasteiger partial charge on any atom is 0.275 e. The van der Waals surface area contributed by atoms with Crippen LogP contribution in [0.3, 0.4) is 0 Å². The number of aromatic nitrogens is 1. The highest BCUT2D eigenvalue weighted by molar-refractivity contribution is 6.12. The van der Waals surface area contributed by atoms with Crippen LogP contribution in [0.25, 0.3) is 10.9 Å². The van der Waals surface area contributed by atoms with E-state index in [0.29, 0.717) is 0 Å². The number of carbonyl (C=O) groups is 1. The number of hydrogen-bond acceptors (Lipinski definition) is 1. The molecule has 0 fully saturated rings. The van der Waals surface area contributed by atoms with E-state index in [-0.39, 0.29) is 5.91 Å². The van der Waals surface area contributed by atoms with Gasteiger partial charge in [0.05, 0.1) is 5.52 Å². The molecular weight excluding hydrogens is 296 g/mol. The molecule has 2 aromatic carbocycles. The number of fused-ring (bicyclic) bond motifs is 3. The molecule has 3 aromatic rings. The monoisotopic (exact) mass is 318 g/mol. The van der Waals surface area contributed by atoms with E-state index >= 15 is 0 Å². The highest BCUT2D eigenvalue weighted by Crippen LogP contribution is 2.35. The zero-order valence-electron chi connectivity index (χ0n) is 14.5. The molecule has 24 heavy (non-hydrogen) atoms. The molecule has 0 spiro atoms. The third kappa shape index (κ3) is 2.01. The summed E-state index contributed by atoms with van der Waals surface area (Å²) in [5.74, 6) is 0.124. The van der Waals surface area contributed by atoms with E-state index in [1.54, 1.807) is 0 Å². The first-order valence-electron chi connectivity index (χ1n) is 8.61. The van der Waals surface area contributed by atoms with Crippen LogP contribution >= 0.6 is 0 Å². The topological polar surface area (TPSA) is 25.2 Å². The molecular formula is C21H22N2O. The molecule has 0 saturated heterocycles. The number of para-hydroxylation sites is 1. The van der Waals surface area contributed by atoms with Crippen molar-refractivity contribution in [3.8, 4) is 0 Å². The van der Waals surface area contributed by atoms with Gasteiger partial charge in [-0.25, -0.2) is 0 Å². The van der Waals surface area contributed by atoms with Crippen molar-refractivity contribution in [2.24, 2.45) is 0 Å². The smallest absolute Gasteiger partial charge is 0.275 e. The minimum Gasteiger partial charge on any atom is -0.336 e. The summed E-state index contributed by atoms with van der Waals surface area (Å²) >= 11 is 0. The number of anilines is 1. The van der Waals surface area contributed by atoms with E-state index in [4.69, 9.17) is 0 Å². The predicted molar refractivity (Wildman–Crippen MR) is 98.9 cm³/mol. The van der Waals surface area contributed by atoms with Crippen LogP contribution in [-0.2, 0) is 13.0 Å². The second kappa shape index (κ2) is 5.52. The lowest BCUT2D eigenvalue weighted by Gasteiger charge is -2.28. The third-order valence-electron chi connectivity index (χ3n) is 5.13. The van der Waals surface area contributed by atoms with Gasteiger partial charge in [0.25, 0.3) is 5.91 Å². The van der Waals surface area contributed by atoms with Crippen LogP contribution in [0.1, 0.15) is 34.1 Å². The molecule has 0 bridgehead atoms. The second-order valence-electron chi connectivity index (χ2n) is 6.54. The van der Waals surface area contributed by atoms with Gasteiger partial charge in [0, 0.05) is 24.2 Å². The SMILES string of the molecule is CCn1c2c(c3c(C)ccc(C)c31)CCN(c1ccccc1)C2=O. The number of nitrogens with zero attached hydrogens (tertiary/aromatic N) is 2. The third-order valence-corrected chi connectivity index (χ3v) is 5.13.